The molecule has 150 valence electrons. The molecule has 4 atom stereocenters. The summed E-state index contributed by atoms with van der Waals surface area (Å²) in [4.78, 5) is 0. The molecule has 3 heteroatoms. The summed E-state index contributed by atoms with van der Waals surface area (Å²) in [6, 6.07) is 0. The smallest absolute Gasteiger partial charge is 0.192 e. The van der Waals surface area contributed by atoms with Gasteiger partial charge in [-0.1, -0.05) is 39.0 Å². The van der Waals surface area contributed by atoms with Crippen molar-refractivity contribution in [2.24, 2.45) is 11.3 Å². The summed E-state index contributed by atoms with van der Waals surface area (Å²) in [7, 11) is -1.89. The van der Waals surface area contributed by atoms with Crippen LogP contribution in [0.2, 0.25) is 18.1 Å². The van der Waals surface area contributed by atoms with Crippen LogP contribution in [-0.2, 0) is 4.43 Å². The third-order valence-electron chi connectivity index (χ3n) is 7.66. The quantitative estimate of drug-likeness (QED) is 0.415. The molecule has 0 spiro atoms. The molecule has 0 aliphatic heterocycles. The third-order valence-corrected chi connectivity index (χ3v) is 12.1. The Kier molecular flexibility index (Phi) is 6.08. The molecule has 3 rings (SSSR count). The van der Waals surface area contributed by atoms with E-state index in [1.807, 2.05) is 6.92 Å². The number of allylic oxidation sites excluding steroid dienone is 2. The molecule has 2 nitrogen and oxygen atoms in total. The fourth-order valence-corrected chi connectivity index (χ4v) is 6.34. The zero-order valence-corrected chi connectivity index (χ0v) is 19.5. The van der Waals surface area contributed by atoms with E-state index in [1.165, 1.54) is 12.0 Å². The van der Waals surface area contributed by atoms with Crippen LogP contribution >= 0.6 is 0 Å². The van der Waals surface area contributed by atoms with E-state index in [0.717, 1.165) is 37.7 Å². The lowest BCUT2D eigenvalue weighted by Gasteiger charge is -2.63. The van der Waals surface area contributed by atoms with Gasteiger partial charge in [0.05, 0.1) is 11.7 Å². The van der Waals surface area contributed by atoms with E-state index in [4.69, 9.17) is 4.43 Å². The van der Waals surface area contributed by atoms with Crippen molar-refractivity contribution in [1.82, 2.24) is 0 Å². The number of hydrogen-bond acceptors (Lipinski definition) is 2. The van der Waals surface area contributed by atoms with E-state index in [2.05, 4.69) is 60.4 Å². The molecule has 3 saturated carbocycles. The molecule has 0 amide bonds. The molecule has 1 N–H and O–H groups in total. The Morgan fingerprint density at radius 3 is 2.38 bits per heavy atom. The second-order valence-electron chi connectivity index (χ2n) is 10.8. The maximum atomic E-state index is 11.8. The molecule has 0 heterocycles. The van der Waals surface area contributed by atoms with Gasteiger partial charge in [-0.05, 0) is 88.9 Å². The second kappa shape index (κ2) is 7.22. The first-order chi connectivity index (χ1) is 11.8. The maximum absolute atomic E-state index is 11.8. The summed E-state index contributed by atoms with van der Waals surface area (Å²) < 4.78 is 7.00. The third kappa shape index (κ3) is 3.77. The topological polar surface area (TPSA) is 29.5 Å². The number of fused-ring (bicyclic) bond motifs is 3. The van der Waals surface area contributed by atoms with Crippen LogP contribution in [0.5, 0.6) is 0 Å². The molecular formula is C23H42O2Si. The number of hydrogen-bond donors (Lipinski definition) is 1. The highest BCUT2D eigenvalue weighted by molar-refractivity contribution is 6.74. The Labute approximate surface area is 163 Å². The second-order valence-corrected chi connectivity index (χ2v) is 15.6. The van der Waals surface area contributed by atoms with Crippen LogP contribution in [0.4, 0.5) is 0 Å². The Balaban J connectivity index is 2.42. The minimum absolute atomic E-state index is 0.156. The fraction of sp³-hybridized carbons (Fsp3) is 0.826. The minimum Gasteiger partial charge on any atom is -0.413 e. The van der Waals surface area contributed by atoms with Gasteiger partial charge in [-0.3, -0.25) is 0 Å². The zero-order chi connectivity index (χ0) is 20.0. The van der Waals surface area contributed by atoms with Gasteiger partial charge in [-0.15, -0.1) is 0 Å². The lowest BCUT2D eigenvalue weighted by Crippen LogP contribution is -2.66. The van der Waals surface area contributed by atoms with Gasteiger partial charge in [-0.2, -0.15) is 0 Å². The molecule has 0 radical (unpaired) electrons. The van der Waals surface area contributed by atoms with Crippen molar-refractivity contribution in [3.05, 3.63) is 23.8 Å². The van der Waals surface area contributed by atoms with Gasteiger partial charge in [0, 0.05) is 5.41 Å². The first-order valence-corrected chi connectivity index (χ1v) is 13.4. The molecule has 0 aromatic carbocycles. The van der Waals surface area contributed by atoms with Crippen LogP contribution in [0.1, 0.15) is 80.1 Å². The van der Waals surface area contributed by atoms with Crippen LogP contribution in [0.3, 0.4) is 0 Å². The Hall–Kier alpha value is -0.383. The SMILES string of the molecule is C=C(C)C1(O)CC2CC[C@]1(CCC=C(C)C)C(O[Si](C)(C)C(C)(C)C)C2. The molecule has 3 aliphatic rings. The molecule has 26 heavy (non-hydrogen) atoms. The molecule has 3 fully saturated rings. The lowest BCUT2D eigenvalue weighted by atomic mass is 9.48. The zero-order valence-electron chi connectivity index (χ0n) is 18.5. The van der Waals surface area contributed by atoms with Crippen molar-refractivity contribution in [3.8, 4) is 0 Å². The molecule has 0 aromatic rings. The van der Waals surface area contributed by atoms with Crippen LogP contribution < -0.4 is 0 Å². The van der Waals surface area contributed by atoms with Gasteiger partial charge in [0.25, 0.3) is 0 Å². The first-order valence-electron chi connectivity index (χ1n) is 10.4. The van der Waals surface area contributed by atoms with Gasteiger partial charge in [0.15, 0.2) is 8.32 Å². The van der Waals surface area contributed by atoms with Crippen LogP contribution in [0.15, 0.2) is 23.8 Å². The highest BCUT2D eigenvalue weighted by Gasteiger charge is 2.63. The van der Waals surface area contributed by atoms with Gasteiger partial charge >= 0.3 is 0 Å². The first kappa shape index (κ1) is 21.9. The predicted molar refractivity (Wildman–Crippen MR) is 115 cm³/mol. The van der Waals surface area contributed by atoms with Gasteiger partial charge in [0.1, 0.15) is 0 Å². The van der Waals surface area contributed by atoms with Crippen molar-refractivity contribution in [2.45, 2.75) is 110 Å². The Morgan fingerprint density at radius 1 is 1.27 bits per heavy atom. The fourth-order valence-electron chi connectivity index (χ4n) is 4.95. The molecule has 0 aromatic heterocycles. The van der Waals surface area contributed by atoms with Crippen molar-refractivity contribution in [2.75, 3.05) is 0 Å². The largest absolute Gasteiger partial charge is 0.413 e. The van der Waals surface area contributed by atoms with Crippen molar-refractivity contribution < 1.29 is 9.53 Å². The molecule has 3 aliphatic carbocycles. The van der Waals surface area contributed by atoms with Gasteiger partial charge in [0.2, 0.25) is 0 Å². The van der Waals surface area contributed by atoms with Crippen LogP contribution in [-0.4, -0.2) is 25.1 Å². The average Bonchev–Trinajstić information content (AvgIpc) is 2.46. The molecule has 0 saturated heterocycles. The highest BCUT2D eigenvalue weighted by atomic mass is 28.4. The number of rotatable bonds is 6. The maximum Gasteiger partial charge on any atom is 0.192 e. The lowest BCUT2D eigenvalue weighted by molar-refractivity contribution is -0.197. The van der Waals surface area contributed by atoms with Crippen molar-refractivity contribution in [1.29, 1.82) is 0 Å². The monoisotopic (exact) mass is 378 g/mol. The summed E-state index contributed by atoms with van der Waals surface area (Å²) in [5, 5.41) is 12.0. The summed E-state index contributed by atoms with van der Waals surface area (Å²) in [6.45, 7) is 22.2. The Morgan fingerprint density at radius 2 is 1.88 bits per heavy atom. The van der Waals surface area contributed by atoms with Gasteiger partial charge < -0.3 is 9.53 Å². The van der Waals surface area contributed by atoms with E-state index in [1.54, 1.807) is 0 Å². The van der Waals surface area contributed by atoms with Crippen molar-refractivity contribution >= 4 is 8.32 Å². The minimum atomic E-state index is -1.89. The molecule has 2 bridgehead atoms. The van der Waals surface area contributed by atoms with E-state index >= 15 is 0 Å². The summed E-state index contributed by atoms with van der Waals surface area (Å²) in [5.41, 5.74) is 1.32. The average molecular weight is 379 g/mol. The summed E-state index contributed by atoms with van der Waals surface area (Å²) in [5.74, 6) is 0.566. The van der Waals surface area contributed by atoms with Gasteiger partial charge in [-0.25, -0.2) is 0 Å². The van der Waals surface area contributed by atoms with E-state index in [-0.39, 0.29) is 16.6 Å². The number of aliphatic hydroxyl groups is 1. The summed E-state index contributed by atoms with van der Waals surface area (Å²) >= 11 is 0. The van der Waals surface area contributed by atoms with Crippen LogP contribution in [0.25, 0.3) is 0 Å². The standard InChI is InChI=1S/C23H42O2Si/c1-17(2)11-10-13-22-14-12-19(16-23(22,24)18(3)4)15-20(22)25-26(8,9)21(5,6)7/h11,19-20,24H,3,10,12-16H2,1-2,4-9H3/t19?,20?,22-,23?/m1/s1. The highest BCUT2D eigenvalue weighted by Crippen LogP contribution is 2.62. The van der Waals surface area contributed by atoms with Crippen LogP contribution in [0, 0.1) is 11.3 Å². The van der Waals surface area contributed by atoms with E-state index in [9.17, 15) is 5.11 Å². The molecular weight excluding hydrogens is 336 g/mol. The van der Waals surface area contributed by atoms with E-state index < -0.39 is 13.9 Å². The molecule has 3 unspecified atom stereocenters. The summed E-state index contributed by atoms with van der Waals surface area (Å²) in [6.07, 6.45) is 8.75. The van der Waals surface area contributed by atoms with Crippen molar-refractivity contribution in [3.63, 3.8) is 0 Å². The normalized spacial score (nSPS) is 34.7. The Bertz CT molecular complexity index is 567. The van der Waals surface area contributed by atoms with E-state index in [0.29, 0.717) is 5.92 Å². The predicted octanol–water partition coefficient (Wildman–Crippen LogP) is 6.62.